The molecular formula is C32H38N6O4. The Bertz CT molecular complexity index is 1500. The van der Waals surface area contributed by atoms with E-state index < -0.39 is 6.17 Å². The fraction of sp³-hybridized carbons (Fsp3) is 0.375. The van der Waals surface area contributed by atoms with Crippen molar-refractivity contribution >= 4 is 34.5 Å². The van der Waals surface area contributed by atoms with Gasteiger partial charge in [0.25, 0.3) is 0 Å². The van der Waals surface area contributed by atoms with Gasteiger partial charge < -0.3 is 19.7 Å². The minimum absolute atomic E-state index is 0.0218. The number of hydrazine groups is 1. The van der Waals surface area contributed by atoms with E-state index in [1.807, 2.05) is 66.3 Å². The van der Waals surface area contributed by atoms with E-state index in [2.05, 4.69) is 18.8 Å². The summed E-state index contributed by atoms with van der Waals surface area (Å²) in [6.45, 7) is 6.81. The number of piperazine rings is 1. The molecule has 5 rings (SSSR count). The number of ketones is 1. The van der Waals surface area contributed by atoms with E-state index in [9.17, 15) is 19.2 Å². The number of aryl methyl sites for hydroxylation is 1. The number of aromatic nitrogens is 1. The second-order valence-corrected chi connectivity index (χ2v) is 10.9. The van der Waals surface area contributed by atoms with E-state index in [1.54, 1.807) is 21.0 Å². The highest BCUT2D eigenvalue weighted by atomic mass is 16.2. The standard InChI is InChI=1S/C32H38N6O4/c1-4-6-15-27(39)26-19-34(3)31-24(13-10-14-25(26)31)18-35-20-28-37(22-29(35)40)30(41)21-36(16-5-2)38(28)32(42)33-17-23-11-8-7-9-12-23/h5,7-14,19,28H,2,4,6,15-18,20-22H2,1,3H3,(H,33,42). The van der Waals surface area contributed by atoms with Crippen LogP contribution in [0.15, 0.2) is 67.4 Å². The summed E-state index contributed by atoms with van der Waals surface area (Å²) in [5.74, 6) is -0.280. The van der Waals surface area contributed by atoms with Gasteiger partial charge in [0.05, 0.1) is 18.6 Å². The zero-order chi connectivity index (χ0) is 29.8. The lowest BCUT2D eigenvalue weighted by atomic mass is 10.0. The lowest BCUT2D eigenvalue weighted by molar-refractivity contribution is -0.180. The molecule has 0 saturated carbocycles. The quantitative estimate of drug-likeness (QED) is 0.296. The van der Waals surface area contributed by atoms with Crippen LogP contribution in [0.2, 0.25) is 0 Å². The number of amides is 4. The molecule has 220 valence electrons. The summed E-state index contributed by atoms with van der Waals surface area (Å²) in [4.78, 5) is 56.2. The van der Waals surface area contributed by atoms with Crippen molar-refractivity contribution < 1.29 is 19.2 Å². The number of Topliss-reactive ketones (excluding diaryl/α,β-unsaturated/α-hetero) is 1. The summed E-state index contributed by atoms with van der Waals surface area (Å²) >= 11 is 0. The Labute approximate surface area is 246 Å². The first-order chi connectivity index (χ1) is 20.3. The number of unbranched alkanes of at least 4 members (excludes halogenated alkanes) is 1. The first kappa shape index (κ1) is 29.1. The number of carbonyl (C=O) groups excluding carboxylic acids is 4. The van der Waals surface area contributed by atoms with E-state index in [-0.39, 0.29) is 49.8 Å². The Morgan fingerprint density at radius 2 is 1.83 bits per heavy atom. The predicted molar refractivity (Wildman–Crippen MR) is 160 cm³/mol. The predicted octanol–water partition coefficient (Wildman–Crippen LogP) is 3.68. The zero-order valence-corrected chi connectivity index (χ0v) is 24.3. The fourth-order valence-electron chi connectivity index (χ4n) is 5.88. The van der Waals surface area contributed by atoms with Gasteiger partial charge in [-0.3, -0.25) is 14.4 Å². The highest BCUT2D eigenvalue weighted by Crippen LogP contribution is 2.29. The number of hydrogen-bond donors (Lipinski definition) is 1. The van der Waals surface area contributed by atoms with Crippen molar-refractivity contribution in [3.63, 3.8) is 0 Å². The molecule has 2 aliphatic heterocycles. The average molecular weight is 571 g/mol. The number of urea groups is 1. The number of nitrogens with one attached hydrogen (secondary N) is 1. The Hall–Kier alpha value is -4.44. The van der Waals surface area contributed by atoms with Gasteiger partial charge in [-0.05, 0) is 17.5 Å². The lowest BCUT2D eigenvalue weighted by Gasteiger charge is -2.52. The molecule has 3 heterocycles. The maximum absolute atomic E-state index is 13.6. The third kappa shape index (κ3) is 5.80. The topological polar surface area (TPSA) is 98.2 Å². The third-order valence-electron chi connectivity index (χ3n) is 7.97. The second kappa shape index (κ2) is 12.6. The summed E-state index contributed by atoms with van der Waals surface area (Å²) < 4.78 is 1.95. The smallest absolute Gasteiger partial charge is 0.334 e. The van der Waals surface area contributed by atoms with Gasteiger partial charge in [0.15, 0.2) is 5.78 Å². The van der Waals surface area contributed by atoms with E-state index in [1.165, 1.54) is 4.90 Å². The minimum atomic E-state index is -0.668. The van der Waals surface area contributed by atoms with Crippen LogP contribution in [0.4, 0.5) is 4.79 Å². The van der Waals surface area contributed by atoms with Gasteiger partial charge in [-0.2, -0.15) is 0 Å². The fourth-order valence-corrected chi connectivity index (χ4v) is 5.88. The van der Waals surface area contributed by atoms with Crippen LogP contribution in [-0.4, -0.2) is 80.4 Å². The molecule has 3 aromatic rings. The van der Waals surface area contributed by atoms with Gasteiger partial charge in [0.2, 0.25) is 11.8 Å². The summed E-state index contributed by atoms with van der Waals surface area (Å²) in [5.41, 5.74) is 3.45. The molecule has 1 N–H and O–H groups in total. The molecular weight excluding hydrogens is 532 g/mol. The van der Waals surface area contributed by atoms with Crippen molar-refractivity contribution in [3.05, 3.63) is 84.1 Å². The monoisotopic (exact) mass is 570 g/mol. The Balaban J connectivity index is 1.41. The van der Waals surface area contributed by atoms with Gasteiger partial charge in [-0.1, -0.05) is 68.0 Å². The maximum Gasteiger partial charge on any atom is 0.334 e. The Morgan fingerprint density at radius 3 is 2.57 bits per heavy atom. The Kier molecular flexibility index (Phi) is 8.72. The van der Waals surface area contributed by atoms with Gasteiger partial charge in [0.1, 0.15) is 12.7 Å². The van der Waals surface area contributed by atoms with Crippen molar-refractivity contribution in [1.29, 1.82) is 0 Å². The molecule has 2 saturated heterocycles. The molecule has 0 spiro atoms. The number of hydrogen-bond acceptors (Lipinski definition) is 5. The van der Waals surface area contributed by atoms with Crippen molar-refractivity contribution in [2.75, 3.05) is 26.2 Å². The highest BCUT2D eigenvalue weighted by Gasteiger charge is 2.46. The van der Waals surface area contributed by atoms with E-state index in [0.29, 0.717) is 25.1 Å². The van der Waals surface area contributed by atoms with Crippen LogP contribution in [-0.2, 0) is 29.7 Å². The van der Waals surface area contributed by atoms with Crippen LogP contribution >= 0.6 is 0 Å². The van der Waals surface area contributed by atoms with Crippen LogP contribution in [0.1, 0.15) is 47.7 Å². The van der Waals surface area contributed by atoms with E-state index >= 15 is 0 Å². The highest BCUT2D eigenvalue weighted by molar-refractivity contribution is 6.08. The van der Waals surface area contributed by atoms with Gasteiger partial charge in [-0.25, -0.2) is 14.8 Å². The molecule has 10 heteroatoms. The summed E-state index contributed by atoms with van der Waals surface area (Å²) in [6, 6.07) is 15.1. The van der Waals surface area contributed by atoms with Crippen LogP contribution in [0.3, 0.4) is 0 Å². The van der Waals surface area contributed by atoms with E-state index in [0.717, 1.165) is 34.9 Å². The minimum Gasteiger partial charge on any atom is -0.350 e. The van der Waals surface area contributed by atoms with Crippen LogP contribution in [0, 0.1) is 0 Å². The van der Waals surface area contributed by atoms with Gasteiger partial charge >= 0.3 is 6.03 Å². The maximum atomic E-state index is 13.6. The van der Waals surface area contributed by atoms with Crippen molar-refractivity contribution in [2.45, 2.75) is 45.4 Å². The first-order valence-electron chi connectivity index (χ1n) is 14.5. The molecule has 2 aromatic carbocycles. The molecule has 4 amide bonds. The summed E-state index contributed by atoms with van der Waals surface area (Å²) in [7, 11) is 1.91. The number of benzene rings is 2. The lowest BCUT2D eigenvalue weighted by Crippen LogP contribution is -2.73. The summed E-state index contributed by atoms with van der Waals surface area (Å²) in [6.07, 6.45) is 5.15. The van der Waals surface area contributed by atoms with Crippen LogP contribution in [0.25, 0.3) is 10.9 Å². The van der Waals surface area contributed by atoms with Crippen LogP contribution in [0.5, 0.6) is 0 Å². The van der Waals surface area contributed by atoms with Crippen molar-refractivity contribution in [2.24, 2.45) is 7.05 Å². The van der Waals surface area contributed by atoms with Crippen LogP contribution < -0.4 is 5.32 Å². The molecule has 0 radical (unpaired) electrons. The molecule has 1 unspecified atom stereocenters. The number of fused-ring (bicyclic) bond motifs is 2. The molecule has 10 nitrogen and oxygen atoms in total. The normalized spacial score (nSPS) is 17.5. The first-order valence-corrected chi connectivity index (χ1v) is 14.5. The molecule has 42 heavy (non-hydrogen) atoms. The Morgan fingerprint density at radius 1 is 1.05 bits per heavy atom. The van der Waals surface area contributed by atoms with Crippen molar-refractivity contribution in [3.8, 4) is 0 Å². The number of para-hydroxylation sites is 1. The zero-order valence-electron chi connectivity index (χ0n) is 24.3. The molecule has 2 aliphatic rings. The third-order valence-corrected chi connectivity index (χ3v) is 7.97. The average Bonchev–Trinajstić information content (AvgIpc) is 3.33. The molecule has 2 fully saturated rings. The molecule has 0 aliphatic carbocycles. The van der Waals surface area contributed by atoms with E-state index in [4.69, 9.17) is 0 Å². The number of rotatable bonds is 10. The van der Waals surface area contributed by atoms with Crippen molar-refractivity contribution in [1.82, 2.24) is 29.7 Å². The van der Waals surface area contributed by atoms with Gasteiger partial charge in [-0.15, -0.1) is 6.58 Å². The largest absolute Gasteiger partial charge is 0.350 e. The van der Waals surface area contributed by atoms with Gasteiger partial charge in [0, 0.05) is 50.2 Å². The number of nitrogens with zero attached hydrogens (tertiary/aromatic N) is 5. The molecule has 1 aromatic heterocycles. The molecule has 1 atom stereocenters. The SMILES string of the molecule is C=CCN1CC(=O)N2CC(=O)N(Cc3cccc4c(C(=O)CCCC)cn(C)c34)CC2N1C(=O)NCc1ccccc1. The molecule has 0 bridgehead atoms. The second-order valence-electron chi connectivity index (χ2n) is 10.9. The summed E-state index contributed by atoms with van der Waals surface area (Å²) in [5, 5.41) is 7.08. The number of carbonyl (C=O) groups is 4.